The first-order chi connectivity index (χ1) is 15.4. The summed E-state index contributed by atoms with van der Waals surface area (Å²) in [5, 5.41) is 3.03. The van der Waals surface area contributed by atoms with Crippen LogP contribution in [0.25, 0.3) is 0 Å². The Balaban J connectivity index is 2.05. The second-order valence-electron chi connectivity index (χ2n) is 8.72. The number of nitrogens with zero attached hydrogens (tertiary/aromatic N) is 1. The Hall–Kier alpha value is -2.45. The first kappa shape index (κ1) is 26.8. The Morgan fingerprint density at radius 2 is 1.79 bits per heavy atom. The zero-order valence-electron chi connectivity index (χ0n) is 20.0. The maximum atomic E-state index is 12.9. The Morgan fingerprint density at radius 3 is 2.27 bits per heavy atom. The number of anilines is 1. The molecule has 9 heteroatoms. The van der Waals surface area contributed by atoms with Gasteiger partial charge in [-0.05, 0) is 47.7 Å². The second-order valence-corrected chi connectivity index (χ2v) is 11.0. The SMILES string of the molecule is CC[C@H](C(=O)NCCOc1ccc(C(C)(C)C)cc1)N(c1ccc(OC)c(Cl)c1)S(C)(=O)=O. The standard InChI is InChI=1S/C24H33ClN2O5S/c1-7-21(27(33(6,29)30)18-10-13-22(31-5)20(25)16-18)23(28)26-14-15-32-19-11-8-17(9-12-19)24(2,3)4/h8-13,16,21H,7,14-15H2,1-6H3,(H,26,28)/t21-/m1/s1. The van der Waals surface area contributed by atoms with Gasteiger partial charge >= 0.3 is 0 Å². The minimum absolute atomic E-state index is 0.0568. The van der Waals surface area contributed by atoms with E-state index in [-0.39, 0.29) is 30.0 Å². The number of ether oxygens (including phenoxy) is 2. The zero-order valence-corrected chi connectivity index (χ0v) is 21.6. The van der Waals surface area contributed by atoms with Crippen molar-refractivity contribution in [3.63, 3.8) is 0 Å². The van der Waals surface area contributed by atoms with E-state index in [0.29, 0.717) is 17.2 Å². The first-order valence-electron chi connectivity index (χ1n) is 10.7. The van der Waals surface area contributed by atoms with Crippen LogP contribution in [0.5, 0.6) is 11.5 Å². The van der Waals surface area contributed by atoms with E-state index in [1.165, 1.54) is 18.7 Å². The molecule has 33 heavy (non-hydrogen) atoms. The first-order valence-corrected chi connectivity index (χ1v) is 12.9. The predicted octanol–water partition coefficient (Wildman–Crippen LogP) is 4.39. The lowest BCUT2D eigenvalue weighted by molar-refractivity contribution is -0.122. The van der Waals surface area contributed by atoms with E-state index in [1.807, 2.05) is 24.3 Å². The van der Waals surface area contributed by atoms with E-state index in [2.05, 4.69) is 26.1 Å². The summed E-state index contributed by atoms with van der Waals surface area (Å²) in [5.74, 6) is 0.704. The largest absolute Gasteiger partial charge is 0.495 e. The van der Waals surface area contributed by atoms with E-state index in [0.717, 1.165) is 10.6 Å². The number of benzene rings is 2. The van der Waals surface area contributed by atoms with Gasteiger partial charge < -0.3 is 14.8 Å². The summed E-state index contributed by atoms with van der Waals surface area (Å²) in [6.45, 7) is 8.66. The molecular formula is C24H33ClN2O5S. The normalized spacial score (nSPS) is 12.7. The quantitative estimate of drug-likeness (QED) is 0.493. The minimum Gasteiger partial charge on any atom is -0.495 e. The second kappa shape index (κ2) is 11.1. The molecule has 2 aromatic carbocycles. The van der Waals surface area contributed by atoms with Crippen molar-refractivity contribution in [1.82, 2.24) is 5.32 Å². The van der Waals surface area contributed by atoms with Crippen molar-refractivity contribution in [2.24, 2.45) is 0 Å². The van der Waals surface area contributed by atoms with Gasteiger partial charge in [0.2, 0.25) is 15.9 Å². The van der Waals surface area contributed by atoms with Crippen molar-refractivity contribution in [1.29, 1.82) is 0 Å². The van der Waals surface area contributed by atoms with Gasteiger partial charge in [0.25, 0.3) is 0 Å². The van der Waals surface area contributed by atoms with Crippen molar-refractivity contribution >= 4 is 33.2 Å². The molecule has 0 heterocycles. The Morgan fingerprint density at radius 1 is 1.15 bits per heavy atom. The molecule has 0 radical (unpaired) electrons. The molecule has 0 aliphatic carbocycles. The van der Waals surface area contributed by atoms with Crippen molar-refractivity contribution in [3.05, 3.63) is 53.1 Å². The molecule has 2 rings (SSSR count). The number of carbonyl (C=O) groups is 1. The molecule has 1 atom stereocenters. The van der Waals surface area contributed by atoms with Crippen LogP contribution in [-0.2, 0) is 20.2 Å². The van der Waals surface area contributed by atoms with Crippen LogP contribution in [0, 0.1) is 0 Å². The average molecular weight is 497 g/mol. The van der Waals surface area contributed by atoms with Gasteiger partial charge in [0, 0.05) is 0 Å². The summed E-state index contributed by atoms with van der Waals surface area (Å²) >= 11 is 6.18. The number of hydrogen-bond donors (Lipinski definition) is 1. The molecule has 0 aliphatic heterocycles. The van der Waals surface area contributed by atoms with Crippen molar-refractivity contribution in [2.75, 3.05) is 30.8 Å². The monoisotopic (exact) mass is 496 g/mol. The Labute approximate surface area is 202 Å². The van der Waals surface area contributed by atoms with E-state index in [9.17, 15) is 13.2 Å². The molecule has 0 bridgehead atoms. The number of nitrogens with one attached hydrogen (secondary N) is 1. The van der Waals surface area contributed by atoms with Crippen LogP contribution in [0.1, 0.15) is 39.7 Å². The third-order valence-corrected chi connectivity index (χ3v) is 6.59. The van der Waals surface area contributed by atoms with Crippen LogP contribution in [0.15, 0.2) is 42.5 Å². The van der Waals surface area contributed by atoms with Gasteiger partial charge in [0.05, 0.1) is 30.6 Å². The Kier molecular flexibility index (Phi) is 9.03. The molecule has 1 N–H and O–H groups in total. The highest BCUT2D eigenvalue weighted by Gasteiger charge is 2.31. The molecular weight excluding hydrogens is 464 g/mol. The number of methoxy groups -OCH3 is 1. The van der Waals surface area contributed by atoms with E-state index >= 15 is 0 Å². The lowest BCUT2D eigenvalue weighted by atomic mass is 9.87. The number of amides is 1. The number of sulfonamides is 1. The predicted molar refractivity (Wildman–Crippen MR) is 133 cm³/mol. The molecule has 0 saturated heterocycles. The summed E-state index contributed by atoms with van der Waals surface area (Å²) in [6, 6.07) is 11.5. The molecule has 0 spiro atoms. The smallest absolute Gasteiger partial charge is 0.244 e. The summed E-state index contributed by atoms with van der Waals surface area (Å²) < 4.78 is 37.1. The molecule has 0 fully saturated rings. The molecule has 0 aliphatic rings. The third kappa shape index (κ3) is 7.27. The molecule has 7 nitrogen and oxygen atoms in total. The van der Waals surface area contributed by atoms with E-state index < -0.39 is 22.0 Å². The molecule has 1 amide bonds. The molecule has 0 saturated carbocycles. The van der Waals surface area contributed by atoms with Crippen molar-refractivity contribution in [3.8, 4) is 11.5 Å². The molecule has 182 valence electrons. The average Bonchev–Trinajstić information content (AvgIpc) is 2.73. The zero-order chi connectivity index (χ0) is 24.8. The molecule has 2 aromatic rings. The number of rotatable bonds is 10. The van der Waals surface area contributed by atoms with Crippen molar-refractivity contribution in [2.45, 2.75) is 45.6 Å². The fourth-order valence-electron chi connectivity index (χ4n) is 3.36. The topological polar surface area (TPSA) is 84.9 Å². The van der Waals surface area contributed by atoms with Gasteiger partial charge in [-0.3, -0.25) is 9.10 Å². The van der Waals surface area contributed by atoms with Crippen LogP contribution >= 0.6 is 11.6 Å². The van der Waals surface area contributed by atoms with Gasteiger partial charge in [-0.25, -0.2) is 8.42 Å². The highest BCUT2D eigenvalue weighted by Crippen LogP contribution is 2.32. The van der Waals surface area contributed by atoms with Crippen LogP contribution in [0.2, 0.25) is 5.02 Å². The summed E-state index contributed by atoms with van der Waals surface area (Å²) in [4.78, 5) is 12.9. The maximum absolute atomic E-state index is 12.9. The minimum atomic E-state index is -3.76. The number of halogens is 1. The lowest BCUT2D eigenvalue weighted by Gasteiger charge is -2.30. The highest BCUT2D eigenvalue weighted by molar-refractivity contribution is 7.92. The molecule has 0 aromatic heterocycles. The summed E-state index contributed by atoms with van der Waals surface area (Å²) in [5.41, 5.74) is 1.55. The highest BCUT2D eigenvalue weighted by atomic mass is 35.5. The van der Waals surface area contributed by atoms with Gasteiger partial charge in [0.1, 0.15) is 24.1 Å². The Bertz CT molecular complexity index is 1050. The van der Waals surface area contributed by atoms with Gasteiger partial charge in [0.15, 0.2) is 0 Å². The number of hydrogen-bond acceptors (Lipinski definition) is 5. The maximum Gasteiger partial charge on any atom is 0.244 e. The van der Waals surface area contributed by atoms with Crippen LogP contribution < -0.4 is 19.1 Å². The van der Waals surface area contributed by atoms with Gasteiger partial charge in [-0.1, -0.05) is 51.4 Å². The van der Waals surface area contributed by atoms with Crippen LogP contribution in [0.4, 0.5) is 5.69 Å². The lowest BCUT2D eigenvalue weighted by Crippen LogP contribution is -2.50. The van der Waals surface area contributed by atoms with E-state index in [4.69, 9.17) is 21.1 Å². The van der Waals surface area contributed by atoms with Crippen LogP contribution in [-0.4, -0.2) is 46.9 Å². The van der Waals surface area contributed by atoms with Crippen LogP contribution in [0.3, 0.4) is 0 Å². The summed E-state index contributed by atoms with van der Waals surface area (Å²) in [6.07, 6.45) is 1.34. The number of carbonyl (C=O) groups excluding carboxylic acids is 1. The fourth-order valence-corrected chi connectivity index (χ4v) is 4.82. The van der Waals surface area contributed by atoms with Crippen molar-refractivity contribution < 1.29 is 22.7 Å². The summed E-state index contributed by atoms with van der Waals surface area (Å²) in [7, 11) is -2.29. The molecule has 0 unspecified atom stereocenters. The van der Waals surface area contributed by atoms with E-state index in [1.54, 1.807) is 19.1 Å². The van der Waals surface area contributed by atoms with Gasteiger partial charge in [-0.2, -0.15) is 0 Å². The van der Waals surface area contributed by atoms with Gasteiger partial charge in [-0.15, -0.1) is 0 Å². The fraction of sp³-hybridized carbons (Fsp3) is 0.458. The third-order valence-electron chi connectivity index (χ3n) is 5.11.